The van der Waals surface area contributed by atoms with Gasteiger partial charge in [0.05, 0.1) is 22.8 Å². The molecule has 0 spiro atoms. The highest BCUT2D eigenvalue weighted by Gasteiger charge is 2.15. The molecule has 2 aromatic rings. The largest absolute Gasteiger partial charge is 0.351 e. The molecule has 0 saturated carbocycles. The minimum Gasteiger partial charge on any atom is -0.351 e. The second kappa shape index (κ2) is 3.48. The number of rotatable bonds is 1. The van der Waals surface area contributed by atoms with E-state index in [1.165, 1.54) is 0 Å². The summed E-state index contributed by atoms with van der Waals surface area (Å²) in [6.45, 7) is 2.07. The van der Waals surface area contributed by atoms with E-state index < -0.39 is 0 Å². The van der Waals surface area contributed by atoms with Gasteiger partial charge >= 0.3 is 0 Å². The van der Waals surface area contributed by atoms with Gasteiger partial charge in [0, 0.05) is 0 Å². The third-order valence-corrected chi connectivity index (χ3v) is 2.66. The first-order valence-corrected chi connectivity index (χ1v) is 5.36. The van der Waals surface area contributed by atoms with Crippen LogP contribution >= 0.6 is 0 Å². The summed E-state index contributed by atoms with van der Waals surface area (Å²) >= 11 is 0. The lowest BCUT2D eigenvalue weighted by atomic mass is 10.2. The zero-order valence-corrected chi connectivity index (χ0v) is 8.99. The number of aryl methyl sites for hydroxylation is 1. The van der Waals surface area contributed by atoms with Crippen LogP contribution in [0.15, 0.2) is 30.3 Å². The van der Waals surface area contributed by atoms with Crippen LogP contribution in [0, 0.1) is 0 Å². The summed E-state index contributed by atoms with van der Waals surface area (Å²) in [7, 11) is 0. The Morgan fingerprint density at radius 1 is 1.00 bits per heavy atom. The van der Waals surface area contributed by atoms with Crippen LogP contribution in [0.3, 0.4) is 0 Å². The zero-order chi connectivity index (χ0) is 11.0. The van der Waals surface area contributed by atoms with Crippen molar-refractivity contribution in [3.05, 3.63) is 36.0 Å². The summed E-state index contributed by atoms with van der Waals surface area (Å²) in [5.74, 6) is 0.788. The molecule has 0 bridgehead atoms. The highest BCUT2D eigenvalue weighted by atomic mass is 15.2. The van der Waals surface area contributed by atoms with E-state index in [0.29, 0.717) is 0 Å². The number of hydrogen-bond acceptors (Lipinski definition) is 4. The van der Waals surface area contributed by atoms with Gasteiger partial charge in [-0.05, 0) is 24.6 Å². The van der Waals surface area contributed by atoms with Gasteiger partial charge in [-0.3, -0.25) is 0 Å². The van der Waals surface area contributed by atoms with Gasteiger partial charge in [0.1, 0.15) is 0 Å². The molecule has 0 radical (unpaired) electrons. The number of aromatic nitrogens is 2. The molecule has 1 aliphatic rings. The fourth-order valence-corrected chi connectivity index (χ4v) is 1.77. The standard InChI is InChI=1S/C12H12N4/c1-2-8-7-11-12(16-15-8)14-10-6-4-3-5-9(10)13-11/h3-7,13H,2H2,1H3,(H,14,16). The Labute approximate surface area is 93.7 Å². The maximum atomic E-state index is 4.17. The molecule has 4 nitrogen and oxygen atoms in total. The SMILES string of the molecule is CCc1cc2c(nn1)Nc1ccccc1N2. The summed E-state index contributed by atoms with van der Waals surface area (Å²) in [6.07, 6.45) is 0.892. The molecule has 0 aliphatic carbocycles. The van der Waals surface area contributed by atoms with Crippen LogP contribution < -0.4 is 10.6 Å². The van der Waals surface area contributed by atoms with Crippen LogP contribution in [0.1, 0.15) is 12.6 Å². The van der Waals surface area contributed by atoms with E-state index in [0.717, 1.165) is 35.0 Å². The molecule has 2 N–H and O–H groups in total. The molecule has 0 unspecified atom stereocenters. The van der Waals surface area contributed by atoms with Crippen LogP contribution in [-0.2, 0) is 6.42 Å². The van der Waals surface area contributed by atoms with Gasteiger partial charge in [0.15, 0.2) is 5.82 Å². The Morgan fingerprint density at radius 3 is 2.50 bits per heavy atom. The number of para-hydroxylation sites is 2. The first kappa shape index (κ1) is 9.15. The number of fused-ring (bicyclic) bond motifs is 2. The van der Waals surface area contributed by atoms with Crippen molar-refractivity contribution in [2.75, 3.05) is 10.6 Å². The third-order valence-electron chi connectivity index (χ3n) is 2.66. The molecule has 2 heterocycles. The quantitative estimate of drug-likeness (QED) is 0.651. The van der Waals surface area contributed by atoms with E-state index in [9.17, 15) is 0 Å². The molecule has 1 aliphatic heterocycles. The smallest absolute Gasteiger partial charge is 0.176 e. The van der Waals surface area contributed by atoms with Crippen LogP contribution in [0.2, 0.25) is 0 Å². The van der Waals surface area contributed by atoms with Crippen LogP contribution in [0.5, 0.6) is 0 Å². The Bertz CT molecular complexity index is 536. The fourth-order valence-electron chi connectivity index (χ4n) is 1.77. The van der Waals surface area contributed by atoms with E-state index >= 15 is 0 Å². The number of nitrogens with one attached hydrogen (secondary N) is 2. The van der Waals surface area contributed by atoms with Crippen molar-refractivity contribution in [3.8, 4) is 0 Å². The number of anilines is 4. The lowest BCUT2D eigenvalue weighted by Crippen LogP contribution is -2.09. The van der Waals surface area contributed by atoms with E-state index in [2.05, 4.69) is 27.8 Å². The van der Waals surface area contributed by atoms with E-state index in [1.807, 2.05) is 30.3 Å². The molecule has 0 amide bonds. The molecular formula is C12H12N4. The Balaban J connectivity index is 2.05. The molecule has 16 heavy (non-hydrogen) atoms. The molecule has 80 valence electrons. The third kappa shape index (κ3) is 1.39. The van der Waals surface area contributed by atoms with Crippen molar-refractivity contribution >= 4 is 22.9 Å². The Hall–Kier alpha value is -2.10. The molecule has 0 fully saturated rings. The fraction of sp³-hybridized carbons (Fsp3) is 0.167. The van der Waals surface area contributed by atoms with Gasteiger partial charge < -0.3 is 10.6 Å². The number of nitrogens with zero attached hydrogens (tertiary/aromatic N) is 2. The maximum Gasteiger partial charge on any atom is 0.176 e. The lowest BCUT2D eigenvalue weighted by Gasteiger charge is -2.21. The van der Waals surface area contributed by atoms with Gasteiger partial charge in [0.2, 0.25) is 0 Å². The zero-order valence-electron chi connectivity index (χ0n) is 8.99. The average Bonchev–Trinajstić information content (AvgIpc) is 2.35. The highest BCUT2D eigenvalue weighted by molar-refractivity contribution is 5.88. The predicted octanol–water partition coefficient (Wildman–Crippen LogP) is 2.84. The molecule has 3 rings (SSSR count). The van der Waals surface area contributed by atoms with Gasteiger partial charge in [-0.25, -0.2) is 0 Å². The van der Waals surface area contributed by atoms with Crippen molar-refractivity contribution in [3.63, 3.8) is 0 Å². The summed E-state index contributed by atoms with van der Waals surface area (Å²) in [5, 5.41) is 14.9. The molecule has 4 heteroatoms. The van der Waals surface area contributed by atoms with Crippen molar-refractivity contribution in [1.29, 1.82) is 0 Å². The van der Waals surface area contributed by atoms with Gasteiger partial charge in [0.25, 0.3) is 0 Å². The number of benzene rings is 1. The van der Waals surface area contributed by atoms with E-state index in [-0.39, 0.29) is 0 Å². The summed E-state index contributed by atoms with van der Waals surface area (Å²) in [4.78, 5) is 0. The van der Waals surface area contributed by atoms with Crippen molar-refractivity contribution < 1.29 is 0 Å². The van der Waals surface area contributed by atoms with Gasteiger partial charge in [-0.1, -0.05) is 19.1 Å². The molecule has 0 saturated heterocycles. The predicted molar refractivity (Wildman–Crippen MR) is 64.4 cm³/mol. The molecule has 0 atom stereocenters. The van der Waals surface area contributed by atoms with Crippen LogP contribution in [0.25, 0.3) is 0 Å². The van der Waals surface area contributed by atoms with Crippen LogP contribution in [0.4, 0.5) is 22.9 Å². The average molecular weight is 212 g/mol. The lowest BCUT2D eigenvalue weighted by molar-refractivity contribution is 0.924. The monoisotopic (exact) mass is 212 g/mol. The van der Waals surface area contributed by atoms with Crippen molar-refractivity contribution in [2.24, 2.45) is 0 Å². The number of hydrogen-bond donors (Lipinski definition) is 2. The normalized spacial score (nSPS) is 12.1. The Morgan fingerprint density at radius 2 is 1.75 bits per heavy atom. The minimum absolute atomic E-state index is 0.788. The first-order chi connectivity index (χ1) is 7.86. The summed E-state index contributed by atoms with van der Waals surface area (Å²) in [5.41, 5.74) is 4.09. The van der Waals surface area contributed by atoms with E-state index in [1.54, 1.807) is 0 Å². The Kier molecular flexibility index (Phi) is 1.99. The van der Waals surface area contributed by atoms with Crippen molar-refractivity contribution in [1.82, 2.24) is 10.2 Å². The van der Waals surface area contributed by atoms with Crippen molar-refractivity contribution in [2.45, 2.75) is 13.3 Å². The maximum absolute atomic E-state index is 4.17. The highest BCUT2D eigenvalue weighted by Crippen LogP contribution is 2.36. The molecular weight excluding hydrogens is 200 g/mol. The van der Waals surface area contributed by atoms with Crippen LogP contribution in [-0.4, -0.2) is 10.2 Å². The first-order valence-electron chi connectivity index (χ1n) is 5.36. The minimum atomic E-state index is 0.788. The second-order valence-electron chi connectivity index (χ2n) is 3.75. The summed E-state index contributed by atoms with van der Waals surface area (Å²) in [6, 6.07) is 10.1. The van der Waals surface area contributed by atoms with Gasteiger partial charge in [-0.2, -0.15) is 5.10 Å². The molecule has 1 aromatic heterocycles. The topological polar surface area (TPSA) is 49.8 Å². The van der Waals surface area contributed by atoms with E-state index in [4.69, 9.17) is 0 Å². The van der Waals surface area contributed by atoms with Gasteiger partial charge in [-0.15, -0.1) is 5.10 Å². The molecule has 1 aromatic carbocycles. The second-order valence-corrected chi connectivity index (χ2v) is 3.75. The summed E-state index contributed by atoms with van der Waals surface area (Å²) < 4.78 is 0.